The summed E-state index contributed by atoms with van der Waals surface area (Å²) in [5.74, 6) is 2.11. The molecule has 2 fully saturated rings. The Morgan fingerprint density at radius 3 is 2.50 bits per heavy atom. The van der Waals surface area contributed by atoms with Gasteiger partial charge in [0.2, 0.25) is 0 Å². The number of nitrogens with zero attached hydrogens (tertiary/aromatic N) is 3. The smallest absolute Gasteiger partial charge is 0.174 e. The van der Waals surface area contributed by atoms with Crippen LogP contribution in [0.5, 0.6) is 0 Å². The molecule has 0 aromatic carbocycles. The van der Waals surface area contributed by atoms with Crippen molar-refractivity contribution in [2.75, 3.05) is 6.61 Å². The second-order valence-electron chi connectivity index (χ2n) is 11.5. The van der Waals surface area contributed by atoms with E-state index in [2.05, 4.69) is 48.3 Å². The molecular formula is C25H46N4O3. The molecule has 184 valence electrons. The molecule has 0 aliphatic heterocycles. The average Bonchev–Trinajstić information content (AvgIpc) is 3.38. The van der Waals surface area contributed by atoms with Crippen molar-refractivity contribution in [2.24, 2.45) is 34.5 Å². The Bertz CT molecular complexity index is 683. The Kier molecular flexibility index (Phi) is 8.72. The maximum absolute atomic E-state index is 10.9. The van der Waals surface area contributed by atoms with Gasteiger partial charge in [-0.1, -0.05) is 45.7 Å². The van der Waals surface area contributed by atoms with Crippen molar-refractivity contribution in [3.8, 4) is 0 Å². The number of hydrogen-bond donors (Lipinski definition) is 4. The fourth-order valence-corrected chi connectivity index (χ4v) is 7.36. The summed E-state index contributed by atoms with van der Waals surface area (Å²) in [5, 5.41) is 45.4. The fourth-order valence-electron chi connectivity index (χ4n) is 7.36. The molecule has 2 aliphatic rings. The summed E-state index contributed by atoms with van der Waals surface area (Å²) in [5.41, 5.74) is 0.327. The molecule has 0 saturated heterocycles. The molecule has 1 heterocycles. The van der Waals surface area contributed by atoms with Crippen LogP contribution in [0.15, 0.2) is 0 Å². The first-order valence-corrected chi connectivity index (χ1v) is 12.9. The molecule has 4 N–H and O–H groups in total. The van der Waals surface area contributed by atoms with E-state index in [4.69, 9.17) is 0 Å². The lowest BCUT2D eigenvalue weighted by Crippen LogP contribution is -2.42. The molecule has 2 saturated carbocycles. The van der Waals surface area contributed by atoms with Crippen LogP contribution < -0.4 is 0 Å². The Balaban J connectivity index is 1.60. The lowest BCUT2D eigenvalue weighted by Gasteiger charge is -2.47. The second-order valence-corrected chi connectivity index (χ2v) is 11.5. The summed E-state index contributed by atoms with van der Waals surface area (Å²) in [6.45, 7) is 9.41. The number of nitrogens with one attached hydrogen (secondary N) is 1. The van der Waals surface area contributed by atoms with Crippen LogP contribution in [-0.4, -0.2) is 54.8 Å². The highest BCUT2D eigenvalue weighted by Crippen LogP contribution is 2.53. The van der Waals surface area contributed by atoms with Gasteiger partial charge in [-0.3, -0.25) is 0 Å². The van der Waals surface area contributed by atoms with Crippen molar-refractivity contribution in [1.29, 1.82) is 0 Å². The minimum absolute atomic E-state index is 0.150. The van der Waals surface area contributed by atoms with E-state index < -0.39 is 0 Å². The number of tetrazole rings is 1. The van der Waals surface area contributed by atoms with Crippen LogP contribution in [0.3, 0.4) is 0 Å². The van der Waals surface area contributed by atoms with Crippen molar-refractivity contribution < 1.29 is 15.3 Å². The Morgan fingerprint density at radius 1 is 1.12 bits per heavy atom. The standard InChI is InChI=1S/C25H46N4O3/c1-5-18(16-30)20-15-19(31)9-13-24(20,3)11-6-12-25(4)14-10-21(32)23(25)17(2)7-8-22-26-28-29-27-22/h17-21,23,30-32H,5-16H2,1-4H3,(H,26,27,28,29)/t17-,18+,19-,20?,21+,23+,24?,25?/m1/s1. The summed E-state index contributed by atoms with van der Waals surface area (Å²) in [6.07, 6.45) is 10.4. The molecule has 1 aromatic heterocycles. The van der Waals surface area contributed by atoms with Crippen LogP contribution in [0, 0.1) is 34.5 Å². The van der Waals surface area contributed by atoms with Crippen LogP contribution in [0.1, 0.15) is 97.7 Å². The maximum Gasteiger partial charge on any atom is 0.174 e. The molecule has 3 unspecified atom stereocenters. The van der Waals surface area contributed by atoms with E-state index in [1.54, 1.807) is 0 Å². The minimum atomic E-state index is -0.229. The summed E-state index contributed by atoms with van der Waals surface area (Å²) >= 11 is 0. The number of aliphatic hydroxyl groups is 3. The highest BCUT2D eigenvalue weighted by Gasteiger charge is 2.47. The molecule has 1 aromatic rings. The molecule has 0 bridgehead atoms. The van der Waals surface area contributed by atoms with Gasteiger partial charge >= 0.3 is 0 Å². The normalized spacial score (nSPS) is 37.5. The number of aryl methyl sites for hydroxylation is 1. The Hall–Kier alpha value is -1.05. The maximum atomic E-state index is 10.9. The predicted octanol–water partition coefficient (Wildman–Crippen LogP) is 3.90. The van der Waals surface area contributed by atoms with Gasteiger partial charge in [-0.05, 0) is 85.9 Å². The molecular weight excluding hydrogens is 404 g/mol. The Morgan fingerprint density at radius 2 is 1.84 bits per heavy atom. The quantitative estimate of drug-likeness (QED) is 0.406. The van der Waals surface area contributed by atoms with Crippen molar-refractivity contribution in [3.05, 3.63) is 5.82 Å². The van der Waals surface area contributed by atoms with E-state index >= 15 is 0 Å². The van der Waals surface area contributed by atoms with Gasteiger partial charge in [-0.15, -0.1) is 10.2 Å². The number of aliphatic hydroxyl groups excluding tert-OH is 3. The molecule has 7 heteroatoms. The van der Waals surface area contributed by atoms with Gasteiger partial charge in [0.05, 0.1) is 12.2 Å². The van der Waals surface area contributed by atoms with Crippen LogP contribution >= 0.6 is 0 Å². The number of aromatic amines is 1. The van der Waals surface area contributed by atoms with Crippen LogP contribution in [0.2, 0.25) is 0 Å². The summed E-state index contributed by atoms with van der Waals surface area (Å²) < 4.78 is 0. The summed E-state index contributed by atoms with van der Waals surface area (Å²) in [4.78, 5) is 0. The van der Waals surface area contributed by atoms with Crippen molar-refractivity contribution in [2.45, 2.75) is 111 Å². The number of rotatable bonds is 11. The van der Waals surface area contributed by atoms with E-state index in [0.29, 0.717) is 17.8 Å². The second kappa shape index (κ2) is 10.9. The largest absolute Gasteiger partial charge is 0.396 e. The lowest BCUT2D eigenvalue weighted by atomic mass is 9.59. The predicted molar refractivity (Wildman–Crippen MR) is 125 cm³/mol. The van der Waals surface area contributed by atoms with Gasteiger partial charge in [0.1, 0.15) is 0 Å². The van der Waals surface area contributed by atoms with E-state index in [0.717, 1.165) is 76.5 Å². The van der Waals surface area contributed by atoms with Gasteiger partial charge in [-0.25, -0.2) is 0 Å². The Labute approximate surface area is 193 Å². The van der Waals surface area contributed by atoms with E-state index in [-0.39, 0.29) is 35.6 Å². The number of aromatic nitrogens is 4. The van der Waals surface area contributed by atoms with Crippen molar-refractivity contribution in [1.82, 2.24) is 20.6 Å². The van der Waals surface area contributed by atoms with E-state index in [1.165, 1.54) is 0 Å². The first kappa shape index (κ1) is 25.6. The molecule has 2 aliphatic carbocycles. The average molecular weight is 451 g/mol. The van der Waals surface area contributed by atoms with Gasteiger partial charge < -0.3 is 15.3 Å². The highest BCUT2D eigenvalue weighted by molar-refractivity contribution is 4.98. The fraction of sp³-hybridized carbons (Fsp3) is 0.960. The van der Waals surface area contributed by atoms with Crippen LogP contribution in [0.4, 0.5) is 0 Å². The van der Waals surface area contributed by atoms with Gasteiger partial charge in [0, 0.05) is 13.0 Å². The number of hydrogen-bond acceptors (Lipinski definition) is 6. The minimum Gasteiger partial charge on any atom is -0.396 e. The zero-order valence-corrected chi connectivity index (χ0v) is 20.6. The molecule has 0 spiro atoms. The van der Waals surface area contributed by atoms with Crippen molar-refractivity contribution in [3.63, 3.8) is 0 Å². The monoisotopic (exact) mass is 450 g/mol. The number of H-pyrrole nitrogens is 1. The van der Waals surface area contributed by atoms with Gasteiger partial charge in [-0.2, -0.15) is 5.21 Å². The topological polar surface area (TPSA) is 115 Å². The zero-order chi connectivity index (χ0) is 23.4. The SMILES string of the molecule is CC[C@@H](CO)C1C[C@H](O)CCC1(C)CCCC1(C)CC[C@H](O)[C@@H]1[C@H](C)CCc1nn[nH]n1. The molecule has 3 rings (SSSR count). The highest BCUT2D eigenvalue weighted by atomic mass is 16.3. The molecule has 7 nitrogen and oxygen atoms in total. The summed E-state index contributed by atoms with van der Waals surface area (Å²) in [6, 6.07) is 0. The molecule has 0 amide bonds. The first-order chi connectivity index (χ1) is 15.2. The molecule has 32 heavy (non-hydrogen) atoms. The lowest BCUT2D eigenvalue weighted by molar-refractivity contribution is -0.0332. The van der Waals surface area contributed by atoms with Gasteiger partial charge in [0.15, 0.2) is 5.82 Å². The molecule has 8 atom stereocenters. The van der Waals surface area contributed by atoms with Crippen LogP contribution in [-0.2, 0) is 6.42 Å². The first-order valence-electron chi connectivity index (χ1n) is 12.9. The van der Waals surface area contributed by atoms with E-state index in [9.17, 15) is 15.3 Å². The van der Waals surface area contributed by atoms with Gasteiger partial charge in [0.25, 0.3) is 0 Å². The van der Waals surface area contributed by atoms with Crippen molar-refractivity contribution >= 4 is 0 Å². The summed E-state index contributed by atoms with van der Waals surface area (Å²) in [7, 11) is 0. The third-order valence-corrected chi connectivity index (χ3v) is 9.35. The van der Waals surface area contributed by atoms with E-state index in [1.807, 2.05) is 0 Å². The zero-order valence-electron chi connectivity index (χ0n) is 20.6. The third kappa shape index (κ3) is 5.71. The molecule has 0 radical (unpaired) electrons. The third-order valence-electron chi connectivity index (χ3n) is 9.35. The van der Waals surface area contributed by atoms with Crippen LogP contribution in [0.25, 0.3) is 0 Å².